The van der Waals surface area contributed by atoms with Gasteiger partial charge in [-0.2, -0.15) is 4.98 Å². The molecular weight excluding hydrogens is 130 g/mol. The summed E-state index contributed by atoms with van der Waals surface area (Å²) in [4.78, 5) is 7.94. The summed E-state index contributed by atoms with van der Waals surface area (Å²) in [6, 6.07) is 1.83. The fourth-order valence-electron chi connectivity index (χ4n) is 0.835. The Balaban J connectivity index is 2.76. The molecule has 0 fully saturated rings. The van der Waals surface area contributed by atoms with Crippen LogP contribution in [0, 0.1) is 6.92 Å². The molecule has 0 aliphatic carbocycles. The second kappa shape index (κ2) is 1.76. The smallest absolute Gasteiger partial charge is 0.213 e. The molecule has 0 bridgehead atoms. The molecule has 4 heteroatoms. The first kappa shape index (κ1) is 5.34. The van der Waals surface area contributed by atoms with E-state index < -0.39 is 0 Å². The summed E-state index contributed by atoms with van der Waals surface area (Å²) in [7, 11) is 0. The molecule has 0 amide bonds. The van der Waals surface area contributed by atoms with Crippen LogP contribution in [0.2, 0.25) is 0 Å². The van der Waals surface area contributed by atoms with Crippen LogP contribution in [0.3, 0.4) is 0 Å². The Labute approximate surface area is 57.2 Å². The van der Waals surface area contributed by atoms with Crippen LogP contribution in [0.15, 0.2) is 17.0 Å². The van der Waals surface area contributed by atoms with Gasteiger partial charge in [0.15, 0.2) is 5.82 Å². The van der Waals surface area contributed by atoms with E-state index >= 15 is 0 Å². The van der Waals surface area contributed by atoms with Crippen molar-refractivity contribution in [2.45, 2.75) is 6.92 Å². The highest BCUT2D eigenvalue weighted by Gasteiger charge is 2.07. The van der Waals surface area contributed by atoms with Gasteiger partial charge in [0.25, 0.3) is 0 Å². The van der Waals surface area contributed by atoms with Gasteiger partial charge in [0.1, 0.15) is 5.69 Å². The summed E-state index contributed by atoms with van der Waals surface area (Å²) >= 11 is 0. The molecule has 0 saturated carbocycles. The zero-order valence-electron chi connectivity index (χ0n) is 5.40. The van der Waals surface area contributed by atoms with Crippen molar-refractivity contribution in [1.29, 1.82) is 0 Å². The number of rotatable bonds is 0. The zero-order valence-corrected chi connectivity index (χ0v) is 5.40. The first-order valence-corrected chi connectivity index (χ1v) is 2.90. The lowest BCUT2D eigenvalue weighted by molar-refractivity contribution is 0.386. The van der Waals surface area contributed by atoms with Gasteiger partial charge in [-0.25, -0.2) is 4.98 Å². The highest BCUT2D eigenvalue weighted by molar-refractivity contribution is 5.50. The van der Waals surface area contributed by atoms with Crippen LogP contribution < -0.4 is 0 Å². The fourth-order valence-corrected chi connectivity index (χ4v) is 0.835. The highest BCUT2D eigenvalue weighted by Crippen LogP contribution is 2.14. The van der Waals surface area contributed by atoms with Crippen LogP contribution in [-0.4, -0.2) is 15.1 Å². The number of nitrogens with zero attached hydrogens (tertiary/aromatic N) is 3. The van der Waals surface area contributed by atoms with E-state index in [4.69, 9.17) is 0 Å². The third-order valence-electron chi connectivity index (χ3n) is 1.23. The van der Waals surface area contributed by atoms with Crippen molar-refractivity contribution >= 4 is 0 Å². The summed E-state index contributed by atoms with van der Waals surface area (Å²) < 4.78 is 4.60. The molecule has 4 nitrogen and oxygen atoms in total. The molecule has 50 valence electrons. The third-order valence-corrected chi connectivity index (χ3v) is 1.23. The van der Waals surface area contributed by atoms with Gasteiger partial charge < -0.3 is 4.52 Å². The standard InChI is InChI=1S/C6H5N3O/c1-4-2-5-6(8-4)7-3-10-9-5/h2-3H,1H3. The van der Waals surface area contributed by atoms with Crippen LogP contribution in [0.4, 0.5) is 0 Å². The summed E-state index contributed by atoms with van der Waals surface area (Å²) in [5, 5.41) is 3.70. The minimum Gasteiger partial charge on any atom is -0.344 e. The van der Waals surface area contributed by atoms with Crippen molar-refractivity contribution in [3.05, 3.63) is 18.2 Å². The van der Waals surface area contributed by atoms with E-state index in [0.717, 1.165) is 5.69 Å². The van der Waals surface area contributed by atoms with Gasteiger partial charge in [-0.3, -0.25) is 0 Å². The molecule has 2 rings (SSSR count). The maximum Gasteiger partial charge on any atom is 0.213 e. The van der Waals surface area contributed by atoms with E-state index in [0.29, 0.717) is 11.5 Å². The molecule has 0 saturated heterocycles. The molecule has 2 aliphatic rings. The molecule has 0 radical (unpaired) electrons. The van der Waals surface area contributed by atoms with Crippen molar-refractivity contribution < 1.29 is 4.52 Å². The van der Waals surface area contributed by atoms with Crippen LogP contribution in [0.25, 0.3) is 11.5 Å². The van der Waals surface area contributed by atoms with E-state index in [1.54, 1.807) is 0 Å². The van der Waals surface area contributed by atoms with Crippen molar-refractivity contribution in [2.75, 3.05) is 0 Å². The van der Waals surface area contributed by atoms with Crippen LogP contribution in [0.1, 0.15) is 5.69 Å². The van der Waals surface area contributed by atoms with E-state index in [2.05, 4.69) is 19.6 Å². The first-order chi connectivity index (χ1) is 4.86. The minimum atomic E-state index is 0.642. The molecule has 0 aromatic rings. The summed E-state index contributed by atoms with van der Waals surface area (Å²) in [5.74, 6) is 0.642. The quantitative estimate of drug-likeness (QED) is 0.538. The van der Waals surface area contributed by atoms with Crippen LogP contribution in [-0.2, 0) is 0 Å². The Morgan fingerprint density at radius 3 is 3.20 bits per heavy atom. The lowest BCUT2D eigenvalue weighted by Crippen LogP contribution is -1.84. The predicted molar refractivity (Wildman–Crippen MR) is 33.5 cm³/mol. The molecule has 0 aromatic heterocycles. The topological polar surface area (TPSA) is 51.8 Å². The first-order valence-electron chi connectivity index (χ1n) is 2.90. The normalized spacial score (nSPS) is 10.5. The van der Waals surface area contributed by atoms with Gasteiger partial charge in [0.05, 0.1) is 0 Å². The van der Waals surface area contributed by atoms with Gasteiger partial charge in [-0.1, -0.05) is 5.16 Å². The maximum atomic E-state index is 4.60. The summed E-state index contributed by atoms with van der Waals surface area (Å²) in [6.45, 7) is 1.89. The lowest BCUT2D eigenvalue weighted by Gasteiger charge is -1.86. The second-order valence-electron chi connectivity index (χ2n) is 2.04. The highest BCUT2D eigenvalue weighted by atomic mass is 16.5. The fraction of sp³-hybridized carbons (Fsp3) is 0.167. The number of hydrogen-bond donors (Lipinski definition) is 0. The van der Waals surface area contributed by atoms with Crippen molar-refractivity contribution in [3.63, 3.8) is 0 Å². The van der Waals surface area contributed by atoms with Gasteiger partial charge in [-0.05, 0) is 13.0 Å². The maximum absolute atomic E-state index is 4.60. The van der Waals surface area contributed by atoms with E-state index in [1.807, 2.05) is 13.0 Å². The van der Waals surface area contributed by atoms with E-state index in [1.165, 1.54) is 6.39 Å². The molecule has 0 N–H and O–H groups in total. The van der Waals surface area contributed by atoms with Gasteiger partial charge in [0.2, 0.25) is 6.39 Å². The lowest BCUT2D eigenvalue weighted by atomic mass is 10.4. The molecule has 10 heavy (non-hydrogen) atoms. The van der Waals surface area contributed by atoms with E-state index in [-0.39, 0.29) is 0 Å². The minimum absolute atomic E-state index is 0.642. The van der Waals surface area contributed by atoms with Crippen molar-refractivity contribution in [3.8, 4) is 11.5 Å². The average Bonchev–Trinajstić information content (AvgIpc) is 2.27. The molecular formula is C6H5N3O. The molecule has 0 unspecified atom stereocenters. The molecule has 0 aromatic carbocycles. The monoisotopic (exact) mass is 135 g/mol. The van der Waals surface area contributed by atoms with Gasteiger partial charge in [-0.15, -0.1) is 0 Å². The van der Waals surface area contributed by atoms with Crippen molar-refractivity contribution in [2.24, 2.45) is 0 Å². The number of aryl methyl sites for hydroxylation is 1. The Bertz CT molecular complexity index is 287. The third kappa shape index (κ3) is 0.655. The van der Waals surface area contributed by atoms with Crippen molar-refractivity contribution in [1.82, 2.24) is 15.1 Å². The Hall–Kier alpha value is -1.45. The van der Waals surface area contributed by atoms with Gasteiger partial charge in [0, 0.05) is 5.69 Å². The predicted octanol–water partition coefficient (Wildman–Crippen LogP) is 0.878. The Kier molecular flexibility index (Phi) is 0.943. The molecule has 2 heterocycles. The summed E-state index contributed by atoms with van der Waals surface area (Å²) in [5.41, 5.74) is 1.62. The SMILES string of the molecule is Cc1cc2nocnc-2n1. The largest absolute Gasteiger partial charge is 0.344 e. The number of aromatic nitrogens is 3. The molecule has 2 aliphatic heterocycles. The van der Waals surface area contributed by atoms with E-state index in [9.17, 15) is 0 Å². The Morgan fingerprint density at radius 2 is 2.40 bits per heavy atom. The number of fused-ring (bicyclic) bond motifs is 1. The second-order valence-corrected chi connectivity index (χ2v) is 2.04. The molecule has 0 spiro atoms. The summed E-state index contributed by atoms with van der Waals surface area (Å²) in [6.07, 6.45) is 1.27. The molecule has 0 atom stereocenters. The van der Waals surface area contributed by atoms with Gasteiger partial charge >= 0.3 is 0 Å². The number of hydrogen-bond acceptors (Lipinski definition) is 4. The van der Waals surface area contributed by atoms with Crippen LogP contribution >= 0.6 is 0 Å². The van der Waals surface area contributed by atoms with Crippen LogP contribution in [0.5, 0.6) is 0 Å². The zero-order chi connectivity index (χ0) is 6.97. The average molecular weight is 135 g/mol. The Morgan fingerprint density at radius 1 is 1.50 bits per heavy atom.